The number of rotatable bonds is 6. The van der Waals surface area contributed by atoms with E-state index in [2.05, 4.69) is 21.8 Å². The molecule has 0 heterocycles. The average Bonchev–Trinajstić information content (AvgIpc) is 1.98. The van der Waals surface area contributed by atoms with E-state index in [4.69, 9.17) is 4.55 Å². The lowest BCUT2D eigenvalue weighted by molar-refractivity contribution is -0.119. The van der Waals surface area contributed by atoms with Crippen molar-refractivity contribution in [1.29, 1.82) is 0 Å². The smallest absolute Gasteiger partial charge is 0.217 e. The first-order chi connectivity index (χ1) is 7.20. The van der Waals surface area contributed by atoms with Gasteiger partial charge >= 0.3 is 0 Å². The minimum absolute atomic E-state index is 0.190. The fraction of sp³-hybridized carbons (Fsp3) is 0.750. The maximum Gasteiger partial charge on any atom is 0.217 e. The van der Waals surface area contributed by atoms with Crippen LogP contribution in [0, 0.1) is 0 Å². The Bertz CT molecular complexity index is 353. The maximum absolute atomic E-state index is 11.0. The zero-order valence-corrected chi connectivity index (χ0v) is 10.8. The summed E-state index contributed by atoms with van der Waals surface area (Å²) in [7, 11) is -3.31. The Morgan fingerprint density at radius 3 is 2.31 bits per heavy atom. The Labute approximate surface area is 99.7 Å². The van der Waals surface area contributed by atoms with Gasteiger partial charge in [-0.3, -0.25) is 9.59 Å². The Morgan fingerprint density at radius 2 is 1.94 bits per heavy atom. The summed E-state index contributed by atoms with van der Waals surface area (Å²) < 4.78 is 20.0. The van der Waals surface area contributed by atoms with Gasteiger partial charge < -0.3 is 15.2 Å². The molecule has 0 saturated carbocycles. The first-order valence-corrected chi connectivity index (χ1v) is 7.28. The van der Waals surface area contributed by atoms with Crippen molar-refractivity contribution in [1.82, 2.24) is 10.6 Å². The average molecular weight is 268 g/mol. The third-order valence-electron chi connectivity index (χ3n) is 1.69. The van der Waals surface area contributed by atoms with Gasteiger partial charge in [0, 0.05) is 37.6 Å². The summed E-state index contributed by atoms with van der Waals surface area (Å²) in [4.78, 5) is 21.4. The third kappa shape index (κ3) is 9.81. The van der Waals surface area contributed by atoms with Gasteiger partial charge in [-0.1, -0.05) is 0 Å². The summed E-state index contributed by atoms with van der Waals surface area (Å²) in [5.74, 6) is -0.683. The molecule has 2 unspecified atom stereocenters. The monoisotopic (exact) mass is 268 g/mol. The largest absolute Gasteiger partial charge is 0.356 e. The van der Waals surface area contributed by atoms with Gasteiger partial charge in [0.25, 0.3) is 0 Å². The van der Waals surface area contributed by atoms with Gasteiger partial charge in [0.15, 0.2) is 0 Å². The molecule has 0 aliphatic rings. The molecule has 0 saturated heterocycles. The molecule has 8 heteroatoms. The Balaban J connectivity index is 4.21. The van der Waals surface area contributed by atoms with Gasteiger partial charge in [-0.15, -0.1) is 0 Å². The van der Waals surface area contributed by atoms with Crippen molar-refractivity contribution >= 4 is 31.8 Å². The highest BCUT2D eigenvalue weighted by molar-refractivity contribution is 8.29. The van der Waals surface area contributed by atoms with E-state index in [9.17, 15) is 13.8 Å². The fourth-order valence-electron chi connectivity index (χ4n) is 1.16. The van der Waals surface area contributed by atoms with Crippen molar-refractivity contribution in [2.24, 2.45) is 0 Å². The van der Waals surface area contributed by atoms with Gasteiger partial charge in [-0.2, -0.15) is 0 Å². The highest BCUT2D eigenvalue weighted by Crippen LogP contribution is 1.97. The van der Waals surface area contributed by atoms with Gasteiger partial charge in [0.1, 0.15) is 8.77 Å². The van der Waals surface area contributed by atoms with Crippen molar-refractivity contribution in [3.05, 3.63) is 0 Å². The van der Waals surface area contributed by atoms with Crippen molar-refractivity contribution in [2.45, 2.75) is 26.3 Å². The molecule has 0 bridgehead atoms. The summed E-state index contributed by atoms with van der Waals surface area (Å²) in [6.07, 6.45) is 0.368. The maximum atomic E-state index is 11.0. The summed E-state index contributed by atoms with van der Waals surface area (Å²) in [6, 6.07) is -0.501. The molecule has 0 aliphatic carbocycles. The van der Waals surface area contributed by atoms with Crippen molar-refractivity contribution < 1.29 is 18.4 Å². The summed E-state index contributed by atoms with van der Waals surface area (Å²) >= 11 is 4.36. The van der Waals surface area contributed by atoms with Crippen LogP contribution in [0.2, 0.25) is 0 Å². The lowest BCUT2D eigenvalue weighted by Crippen LogP contribution is -2.40. The Kier molecular flexibility index (Phi) is 6.46. The van der Waals surface area contributed by atoms with Crippen LogP contribution in [-0.2, 0) is 29.6 Å². The number of hydrogen-bond donors (Lipinski definition) is 3. The quantitative estimate of drug-likeness (QED) is 0.588. The number of amides is 2. The number of carbonyl (C=O) groups is 2. The van der Waals surface area contributed by atoms with Gasteiger partial charge in [-0.25, -0.2) is 4.21 Å². The summed E-state index contributed by atoms with van der Waals surface area (Å²) in [5, 5.41) is 5.05. The second kappa shape index (κ2) is 6.77. The van der Waals surface area contributed by atoms with Gasteiger partial charge in [0.2, 0.25) is 11.8 Å². The predicted molar refractivity (Wildman–Crippen MR) is 63.9 cm³/mol. The van der Waals surface area contributed by atoms with Crippen LogP contribution in [0.15, 0.2) is 0 Å². The first kappa shape index (κ1) is 15.3. The lowest BCUT2D eigenvalue weighted by atomic mass is 10.2. The van der Waals surface area contributed by atoms with Crippen molar-refractivity contribution in [3.63, 3.8) is 0 Å². The van der Waals surface area contributed by atoms with E-state index in [1.165, 1.54) is 13.8 Å². The molecule has 0 aromatic rings. The molecule has 2 amide bonds. The number of carbonyl (C=O) groups excluding carboxylic acids is 2. The highest BCUT2D eigenvalue weighted by atomic mass is 32.8. The molecule has 0 aromatic heterocycles. The molecule has 0 radical (unpaired) electrons. The second-order valence-electron chi connectivity index (χ2n) is 3.42. The molecule has 2 atom stereocenters. The number of nitrogens with one attached hydrogen (secondary N) is 2. The first-order valence-electron chi connectivity index (χ1n) is 4.67. The molecule has 0 rings (SSSR count). The molecular formula is C8H16N2O4S2. The molecule has 0 aliphatic heterocycles. The predicted octanol–water partition coefficient (Wildman–Crippen LogP) is -0.763. The van der Waals surface area contributed by atoms with E-state index in [1.807, 2.05) is 0 Å². The molecule has 94 valence electrons. The highest BCUT2D eigenvalue weighted by Gasteiger charge is 2.15. The lowest BCUT2D eigenvalue weighted by Gasteiger charge is -2.17. The molecular weight excluding hydrogens is 252 g/mol. The van der Waals surface area contributed by atoms with Crippen LogP contribution in [0.1, 0.15) is 20.3 Å². The molecule has 6 nitrogen and oxygen atoms in total. The molecule has 0 spiro atoms. The van der Waals surface area contributed by atoms with Crippen LogP contribution in [0.4, 0.5) is 0 Å². The standard InChI is InChI=1S/C8H16N2O4S2/c1-6(11)9-4-3-8(10-7(2)12)5-16(13,14)15/h8H,3-5H2,1-2H3,(H,9,11)(H,10,12)(H,13,14,15). The van der Waals surface area contributed by atoms with Crippen LogP contribution in [0.5, 0.6) is 0 Å². The Morgan fingerprint density at radius 1 is 1.38 bits per heavy atom. The summed E-state index contributed by atoms with van der Waals surface area (Å²) in [6.45, 7) is 3.01. The van der Waals surface area contributed by atoms with Crippen LogP contribution < -0.4 is 10.6 Å². The van der Waals surface area contributed by atoms with Crippen LogP contribution in [0.3, 0.4) is 0 Å². The van der Waals surface area contributed by atoms with E-state index in [1.54, 1.807) is 0 Å². The van der Waals surface area contributed by atoms with E-state index in [0.717, 1.165) is 0 Å². The third-order valence-corrected chi connectivity index (χ3v) is 2.92. The minimum Gasteiger partial charge on any atom is -0.356 e. The molecule has 0 aromatic carbocycles. The summed E-state index contributed by atoms with van der Waals surface area (Å²) in [5.41, 5.74) is 0. The molecule has 16 heavy (non-hydrogen) atoms. The normalized spacial score (nSPS) is 15.9. The zero-order chi connectivity index (χ0) is 12.8. The zero-order valence-electron chi connectivity index (χ0n) is 9.19. The number of hydrogen-bond acceptors (Lipinski definition) is 4. The van der Waals surface area contributed by atoms with Crippen LogP contribution >= 0.6 is 0 Å². The fourth-order valence-corrected chi connectivity index (χ4v) is 2.41. The van der Waals surface area contributed by atoms with Crippen LogP contribution in [0.25, 0.3) is 0 Å². The topological polar surface area (TPSA) is 95.5 Å². The van der Waals surface area contributed by atoms with E-state index in [-0.39, 0.29) is 17.6 Å². The SMILES string of the molecule is CC(=O)NCCC(CS(=O)(O)=S)NC(C)=O. The second-order valence-corrected chi connectivity index (χ2v) is 6.48. The van der Waals surface area contributed by atoms with E-state index >= 15 is 0 Å². The van der Waals surface area contributed by atoms with Crippen LogP contribution in [-0.4, -0.2) is 38.9 Å². The van der Waals surface area contributed by atoms with Gasteiger partial charge in [-0.05, 0) is 6.42 Å². The van der Waals surface area contributed by atoms with Crippen molar-refractivity contribution in [2.75, 3.05) is 12.3 Å². The molecule has 3 N–H and O–H groups in total. The minimum atomic E-state index is -3.31. The van der Waals surface area contributed by atoms with E-state index < -0.39 is 14.8 Å². The Hall–Kier alpha value is -0.730. The van der Waals surface area contributed by atoms with Gasteiger partial charge in [0.05, 0.1) is 5.75 Å². The van der Waals surface area contributed by atoms with E-state index in [0.29, 0.717) is 13.0 Å². The molecule has 0 fully saturated rings. The van der Waals surface area contributed by atoms with Crippen molar-refractivity contribution in [3.8, 4) is 0 Å².